The van der Waals surface area contributed by atoms with Crippen molar-refractivity contribution in [1.29, 1.82) is 0 Å². The van der Waals surface area contributed by atoms with E-state index in [0.29, 0.717) is 12.3 Å². The van der Waals surface area contributed by atoms with Gasteiger partial charge in [-0.2, -0.15) is 0 Å². The Kier molecular flexibility index (Phi) is 2.37. The van der Waals surface area contributed by atoms with E-state index in [4.69, 9.17) is 15.6 Å². The molecule has 3 N–H and O–H groups in total. The second-order valence-electron chi connectivity index (χ2n) is 3.12. The molecule has 0 saturated heterocycles. The fourth-order valence-corrected chi connectivity index (χ4v) is 1.40. The standard InChI is InChI=1S/C10H12N2O2/c11-10-9(5-6-13)14-8-4-2-1-3-7(8)12-10/h1-4,9,13H,5-6H2,(H2,11,12). The van der Waals surface area contributed by atoms with Crippen LogP contribution in [-0.2, 0) is 0 Å². The Morgan fingerprint density at radius 3 is 3.00 bits per heavy atom. The molecule has 4 nitrogen and oxygen atoms in total. The summed E-state index contributed by atoms with van der Waals surface area (Å²) in [5.74, 6) is 1.15. The number of rotatable bonds is 2. The number of fused-ring (bicyclic) bond motifs is 1. The first-order valence-electron chi connectivity index (χ1n) is 4.52. The zero-order valence-electron chi connectivity index (χ0n) is 7.68. The molecule has 1 aliphatic rings. The molecule has 1 aromatic carbocycles. The molecule has 0 amide bonds. The molecule has 74 valence electrons. The van der Waals surface area contributed by atoms with Crippen molar-refractivity contribution in [2.75, 3.05) is 6.61 Å². The molecule has 1 atom stereocenters. The average molecular weight is 192 g/mol. The van der Waals surface area contributed by atoms with Gasteiger partial charge in [-0.15, -0.1) is 0 Å². The number of ether oxygens (including phenoxy) is 1. The molecule has 0 aromatic heterocycles. The maximum Gasteiger partial charge on any atom is 0.158 e. The third kappa shape index (κ3) is 1.56. The van der Waals surface area contributed by atoms with E-state index in [-0.39, 0.29) is 12.7 Å². The van der Waals surface area contributed by atoms with E-state index < -0.39 is 0 Å². The first-order chi connectivity index (χ1) is 6.81. The Hall–Kier alpha value is -1.55. The van der Waals surface area contributed by atoms with E-state index in [0.717, 1.165) is 11.4 Å². The molecule has 1 unspecified atom stereocenters. The molecule has 1 aromatic rings. The van der Waals surface area contributed by atoms with E-state index in [9.17, 15) is 0 Å². The molecule has 0 aliphatic carbocycles. The van der Waals surface area contributed by atoms with Gasteiger partial charge in [0.2, 0.25) is 0 Å². The van der Waals surface area contributed by atoms with Crippen molar-refractivity contribution in [2.45, 2.75) is 12.5 Å². The lowest BCUT2D eigenvalue weighted by atomic mass is 10.2. The Bertz CT molecular complexity index is 363. The van der Waals surface area contributed by atoms with Crippen LogP contribution in [0.5, 0.6) is 5.75 Å². The van der Waals surface area contributed by atoms with E-state index in [1.807, 2.05) is 24.3 Å². The maximum absolute atomic E-state index is 8.79. The van der Waals surface area contributed by atoms with Crippen LogP contribution in [-0.4, -0.2) is 23.7 Å². The van der Waals surface area contributed by atoms with Crippen LogP contribution in [0.15, 0.2) is 29.3 Å². The lowest BCUT2D eigenvalue weighted by Crippen LogP contribution is -2.36. The fourth-order valence-electron chi connectivity index (χ4n) is 1.40. The number of hydrogen-bond donors (Lipinski definition) is 2. The molecule has 2 rings (SSSR count). The molecule has 4 heteroatoms. The first kappa shape index (κ1) is 9.02. The number of benzene rings is 1. The molecule has 14 heavy (non-hydrogen) atoms. The van der Waals surface area contributed by atoms with Crippen LogP contribution in [0.3, 0.4) is 0 Å². The highest BCUT2D eigenvalue weighted by Gasteiger charge is 2.21. The summed E-state index contributed by atoms with van der Waals surface area (Å²) < 4.78 is 5.57. The fraction of sp³-hybridized carbons (Fsp3) is 0.300. The summed E-state index contributed by atoms with van der Waals surface area (Å²) in [5, 5.41) is 8.79. The van der Waals surface area contributed by atoms with Gasteiger partial charge in [-0.05, 0) is 12.1 Å². The van der Waals surface area contributed by atoms with Gasteiger partial charge in [-0.25, -0.2) is 4.99 Å². The molecule has 0 fully saturated rings. The Labute approximate surface area is 82.0 Å². The van der Waals surface area contributed by atoms with Crippen molar-refractivity contribution in [3.8, 4) is 5.75 Å². The summed E-state index contributed by atoms with van der Waals surface area (Å²) in [4.78, 5) is 4.20. The van der Waals surface area contributed by atoms with Gasteiger partial charge in [0, 0.05) is 13.0 Å². The van der Waals surface area contributed by atoms with Gasteiger partial charge in [0.25, 0.3) is 0 Å². The van der Waals surface area contributed by atoms with Gasteiger partial charge in [-0.3, -0.25) is 0 Å². The van der Waals surface area contributed by atoms with Crippen LogP contribution in [0.25, 0.3) is 0 Å². The summed E-state index contributed by atoms with van der Waals surface area (Å²) in [6.45, 7) is 0.0447. The van der Waals surface area contributed by atoms with E-state index >= 15 is 0 Å². The number of amidine groups is 1. The van der Waals surface area contributed by atoms with Crippen LogP contribution < -0.4 is 10.5 Å². The van der Waals surface area contributed by atoms with Crippen LogP contribution in [0.2, 0.25) is 0 Å². The number of aliphatic hydroxyl groups excluding tert-OH is 1. The predicted molar refractivity (Wildman–Crippen MR) is 53.8 cm³/mol. The summed E-state index contributed by atoms with van der Waals surface area (Å²) >= 11 is 0. The van der Waals surface area contributed by atoms with Crippen molar-refractivity contribution in [2.24, 2.45) is 10.7 Å². The number of aliphatic hydroxyl groups is 1. The van der Waals surface area contributed by atoms with E-state index in [1.54, 1.807) is 0 Å². The molecule has 0 saturated carbocycles. The Morgan fingerprint density at radius 1 is 1.43 bits per heavy atom. The van der Waals surface area contributed by atoms with Crippen molar-refractivity contribution >= 4 is 11.5 Å². The molecule has 1 heterocycles. The summed E-state index contributed by atoms with van der Waals surface area (Å²) in [6, 6.07) is 7.45. The first-order valence-corrected chi connectivity index (χ1v) is 4.52. The topological polar surface area (TPSA) is 67.8 Å². The highest BCUT2D eigenvalue weighted by Crippen LogP contribution is 2.31. The minimum atomic E-state index is -0.296. The predicted octanol–water partition coefficient (Wildman–Crippen LogP) is 0.819. The van der Waals surface area contributed by atoms with Crippen LogP contribution in [0, 0.1) is 0 Å². The average Bonchev–Trinajstić information content (AvgIpc) is 2.19. The highest BCUT2D eigenvalue weighted by atomic mass is 16.5. The lowest BCUT2D eigenvalue weighted by molar-refractivity contribution is 0.197. The Morgan fingerprint density at radius 2 is 2.21 bits per heavy atom. The van der Waals surface area contributed by atoms with Crippen LogP contribution in [0.1, 0.15) is 6.42 Å². The zero-order chi connectivity index (χ0) is 9.97. The van der Waals surface area contributed by atoms with Gasteiger partial charge in [0.15, 0.2) is 6.10 Å². The summed E-state index contributed by atoms with van der Waals surface area (Å²) in [7, 11) is 0. The van der Waals surface area contributed by atoms with Gasteiger partial charge in [0.05, 0.1) is 0 Å². The molecular formula is C10H12N2O2. The summed E-state index contributed by atoms with van der Waals surface area (Å²) in [6.07, 6.45) is 0.179. The second-order valence-corrected chi connectivity index (χ2v) is 3.12. The lowest BCUT2D eigenvalue weighted by Gasteiger charge is -2.23. The molecule has 0 spiro atoms. The molecular weight excluding hydrogens is 180 g/mol. The maximum atomic E-state index is 8.79. The van der Waals surface area contributed by atoms with Crippen LogP contribution >= 0.6 is 0 Å². The summed E-state index contributed by atoms with van der Waals surface area (Å²) in [5.41, 5.74) is 6.44. The van der Waals surface area contributed by atoms with Crippen LogP contribution in [0.4, 0.5) is 5.69 Å². The number of nitrogens with two attached hydrogens (primary N) is 1. The van der Waals surface area contributed by atoms with Crippen molar-refractivity contribution < 1.29 is 9.84 Å². The van der Waals surface area contributed by atoms with Gasteiger partial charge in [-0.1, -0.05) is 12.1 Å². The largest absolute Gasteiger partial charge is 0.480 e. The monoisotopic (exact) mass is 192 g/mol. The van der Waals surface area contributed by atoms with E-state index in [2.05, 4.69) is 4.99 Å². The molecule has 0 radical (unpaired) electrons. The van der Waals surface area contributed by atoms with Gasteiger partial charge >= 0.3 is 0 Å². The third-order valence-corrected chi connectivity index (χ3v) is 2.11. The molecule has 1 aliphatic heterocycles. The second kappa shape index (κ2) is 3.67. The smallest absolute Gasteiger partial charge is 0.158 e. The highest BCUT2D eigenvalue weighted by molar-refractivity contribution is 5.90. The quantitative estimate of drug-likeness (QED) is 0.728. The van der Waals surface area contributed by atoms with Crippen molar-refractivity contribution in [1.82, 2.24) is 0 Å². The number of para-hydroxylation sites is 2. The van der Waals surface area contributed by atoms with Crippen molar-refractivity contribution in [3.05, 3.63) is 24.3 Å². The van der Waals surface area contributed by atoms with Gasteiger partial charge in [0.1, 0.15) is 17.3 Å². The molecule has 0 bridgehead atoms. The van der Waals surface area contributed by atoms with E-state index in [1.165, 1.54) is 0 Å². The Balaban J connectivity index is 2.29. The number of hydrogen-bond acceptors (Lipinski definition) is 4. The minimum absolute atomic E-state index is 0.0447. The SMILES string of the molecule is NC1=Nc2ccccc2OC1CCO. The van der Waals surface area contributed by atoms with Crippen molar-refractivity contribution in [3.63, 3.8) is 0 Å². The number of nitrogens with zero attached hydrogens (tertiary/aromatic N) is 1. The normalized spacial score (nSPS) is 19.5. The minimum Gasteiger partial charge on any atom is -0.480 e. The van der Waals surface area contributed by atoms with Gasteiger partial charge < -0.3 is 15.6 Å². The number of aliphatic imine (C=N–C) groups is 1. The third-order valence-electron chi connectivity index (χ3n) is 2.11. The zero-order valence-corrected chi connectivity index (χ0v) is 7.68.